The van der Waals surface area contributed by atoms with Crippen LogP contribution in [0.1, 0.15) is 26.2 Å². The van der Waals surface area contributed by atoms with Crippen molar-refractivity contribution in [2.75, 3.05) is 20.1 Å². The highest BCUT2D eigenvalue weighted by molar-refractivity contribution is 5.83. The summed E-state index contributed by atoms with van der Waals surface area (Å²) in [5.41, 5.74) is 0. The Hall–Kier alpha value is -1.10. The average molecular weight is 228 g/mol. The number of nitrogens with zero attached hydrogens (tertiary/aromatic N) is 1. The van der Waals surface area contributed by atoms with Crippen LogP contribution in [0.5, 0.6) is 0 Å². The van der Waals surface area contributed by atoms with Gasteiger partial charge in [0.15, 0.2) is 0 Å². The molecular formula is C11H20N2O3. The van der Waals surface area contributed by atoms with Gasteiger partial charge < -0.3 is 15.3 Å². The van der Waals surface area contributed by atoms with Gasteiger partial charge in [-0.3, -0.25) is 4.79 Å². The number of aliphatic carboxylic acids is 1. The van der Waals surface area contributed by atoms with Crippen LogP contribution in [0.25, 0.3) is 0 Å². The summed E-state index contributed by atoms with van der Waals surface area (Å²) in [5, 5.41) is 12.0. The van der Waals surface area contributed by atoms with Crippen LogP contribution < -0.4 is 5.32 Å². The molecule has 0 spiro atoms. The Balaban J connectivity index is 2.30. The van der Waals surface area contributed by atoms with Crippen LogP contribution in [-0.2, 0) is 9.59 Å². The summed E-state index contributed by atoms with van der Waals surface area (Å²) in [7, 11) is 1.55. The largest absolute Gasteiger partial charge is 0.480 e. The Morgan fingerprint density at radius 2 is 2.25 bits per heavy atom. The molecule has 16 heavy (non-hydrogen) atoms. The molecule has 5 nitrogen and oxygen atoms in total. The van der Waals surface area contributed by atoms with Gasteiger partial charge in [0.2, 0.25) is 5.91 Å². The van der Waals surface area contributed by atoms with Crippen molar-refractivity contribution in [1.82, 2.24) is 10.2 Å². The van der Waals surface area contributed by atoms with Gasteiger partial charge in [-0.2, -0.15) is 0 Å². The van der Waals surface area contributed by atoms with E-state index >= 15 is 0 Å². The molecule has 0 bridgehead atoms. The SMILES string of the molecule is CC(C(=O)O)N(C)C(=O)CCC1CCNC1. The number of amides is 1. The molecule has 2 atom stereocenters. The van der Waals surface area contributed by atoms with Crippen molar-refractivity contribution < 1.29 is 14.7 Å². The first kappa shape index (κ1) is 13.0. The van der Waals surface area contributed by atoms with Crippen LogP contribution >= 0.6 is 0 Å². The molecule has 5 heteroatoms. The first-order valence-corrected chi connectivity index (χ1v) is 5.71. The van der Waals surface area contributed by atoms with Crippen molar-refractivity contribution in [2.45, 2.75) is 32.2 Å². The Morgan fingerprint density at radius 1 is 1.56 bits per heavy atom. The zero-order valence-corrected chi connectivity index (χ0v) is 9.90. The van der Waals surface area contributed by atoms with E-state index in [2.05, 4.69) is 5.32 Å². The predicted octanol–water partition coefficient (Wildman–Crippen LogP) is 0.308. The van der Waals surface area contributed by atoms with Crippen molar-refractivity contribution in [3.63, 3.8) is 0 Å². The number of carbonyl (C=O) groups is 2. The molecule has 1 aliphatic heterocycles. The highest BCUT2D eigenvalue weighted by Gasteiger charge is 2.23. The molecule has 1 aliphatic rings. The van der Waals surface area contributed by atoms with Gasteiger partial charge in [-0.25, -0.2) is 4.79 Å². The summed E-state index contributed by atoms with van der Waals surface area (Å²) in [4.78, 5) is 23.7. The Labute approximate surface area is 95.8 Å². The molecule has 1 heterocycles. The summed E-state index contributed by atoms with van der Waals surface area (Å²) in [6.07, 6.45) is 2.41. The number of hydrogen-bond donors (Lipinski definition) is 2. The molecule has 0 aliphatic carbocycles. The summed E-state index contributed by atoms with van der Waals surface area (Å²) >= 11 is 0. The van der Waals surface area contributed by atoms with E-state index in [1.165, 1.54) is 11.8 Å². The molecular weight excluding hydrogens is 208 g/mol. The second-order valence-corrected chi connectivity index (χ2v) is 4.42. The smallest absolute Gasteiger partial charge is 0.326 e. The molecule has 1 rings (SSSR count). The fourth-order valence-electron chi connectivity index (χ4n) is 1.85. The van der Waals surface area contributed by atoms with Crippen LogP contribution in [0.15, 0.2) is 0 Å². The molecule has 2 N–H and O–H groups in total. The average Bonchev–Trinajstić information content (AvgIpc) is 2.76. The van der Waals surface area contributed by atoms with Gasteiger partial charge in [0, 0.05) is 13.5 Å². The van der Waals surface area contributed by atoms with Crippen molar-refractivity contribution in [2.24, 2.45) is 5.92 Å². The third-order valence-electron chi connectivity index (χ3n) is 3.26. The molecule has 0 saturated carbocycles. The lowest BCUT2D eigenvalue weighted by atomic mass is 10.0. The number of likely N-dealkylation sites (N-methyl/N-ethyl adjacent to an activating group) is 1. The number of carboxylic acid groups (broad SMARTS) is 1. The number of rotatable bonds is 5. The lowest BCUT2D eigenvalue weighted by Gasteiger charge is -2.22. The second-order valence-electron chi connectivity index (χ2n) is 4.42. The first-order valence-electron chi connectivity index (χ1n) is 5.71. The maximum Gasteiger partial charge on any atom is 0.326 e. The maximum atomic E-state index is 11.7. The van der Waals surface area contributed by atoms with Crippen LogP contribution in [0, 0.1) is 5.92 Å². The zero-order valence-electron chi connectivity index (χ0n) is 9.90. The van der Waals surface area contributed by atoms with E-state index in [1.54, 1.807) is 7.05 Å². The zero-order chi connectivity index (χ0) is 12.1. The minimum Gasteiger partial charge on any atom is -0.480 e. The normalized spacial score (nSPS) is 21.8. The predicted molar refractivity (Wildman–Crippen MR) is 60.1 cm³/mol. The van der Waals surface area contributed by atoms with Crippen LogP contribution in [0.2, 0.25) is 0 Å². The fraction of sp³-hybridized carbons (Fsp3) is 0.818. The number of hydrogen-bond acceptors (Lipinski definition) is 3. The van der Waals surface area contributed by atoms with E-state index in [9.17, 15) is 9.59 Å². The molecule has 1 saturated heterocycles. The van der Waals surface area contributed by atoms with Crippen molar-refractivity contribution in [1.29, 1.82) is 0 Å². The van der Waals surface area contributed by atoms with Gasteiger partial charge >= 0.3 is 5.97 Å². The highest BCUT2D eigenvalue weighted by atomic mass is 16.4. The van der Waals surface area contributed by atoms with E-state index in [-0.39, 0.29) is 5.91 Å². The van der Waals surface area contributed by atoms with Gasteiger partial charge in [0.1, 0.15) is 6.04 Å². The van der Waals surface area contributed by atoms with Crippen LogP contribution in [0.4, 0.5) is 0 Å². The van der Waals surface area contributed by atoms with Gasteiger partial charge in [-0.05, 0) is 38.8 Å². The topological polar surface area (TPSA) is 69.6 Å². The van der Waals surface area contributed by atoms with Gasteiger partial charge in [-0.15, -0.1) is 0 Å². The lowest BCUT2D eigenvalue weighted by Crippen LogP contribution is -2.40. The van der Waals surface area contributed by atoms with Crippen molar-refractivity contribution >= 4 is 11.9 Å². The van der Waals surface area contributed by atoms with Gasteiger partial charge in [-0.1, -0.05) is 0 Å². The molecule has 2 unspecified atom stereocenters. The highest BCUT2D eigenvalue weighted by Crippen LogP contribution is 2.15. The second kappa shape index (κ2) is 5.84. The van der Waals surface area contributed by atoms with Crippen molar-refractivity contribution in [3.8, 4) is 0 Å². The minimum atomic E-state index is -0.960. The monoisotopic (exact) mass is 228 g/mol. The van der Waals surface area contributed by atoms with E-state index in [4.69, 9.17) is 5.11 Å². The first-order chi connectivity index (χ1) is 7.52. The minimum absolute atomic E-state index is 0.0817. The third-order valence-corrected chi connectivity index (χ3v) is 3.26. The van der Waals surface area contributed by atoms with Crippen LogP contribution in [0.3, 0.4) is 0 Å². The standard InChI is InChI=1S/C11H20N2O3/c1-8(11(15)16)13(2)10(14)4-3-9-5-6-12-7-9/h8-9,12H,3-7H2,1-2H3,(H,15,16). The molecule has 0 aromatic rings. The maximum absolute atomic E-state index is 11.7. The van der Waals surface area contributed by atoms with Crippen LogP contribution in [-0.4, -0.2) is 48.1 Å². The fourth-order valence-corrected chi connectivity index (χ4v) is 1.85. The summed E-state index contributed by atoms with van der Waals surface area (Å²) in [5.74, 6) is -0.474. The Kier molecular flexibility index (Phi) is 4.73. The molecule has 1 fully saturated rings. The number of carbonyl (C=O) groups excluding carboxylic acids is 1. The molecule has 1 amide bonds. The van der Waals surface area contributed by atoms with Crippen molar-refractivity contribution in [3.05, 3.63) is 0 Å². The molecule has 0 aromatic heterocycles. The lowest BCUT2D eigenvalue weighted by molar-refractivity contribution is -0.148. The summed E-state index contributed by atoms with van der Waals surface area (Å²) in [6.45, 7) is 3.53. The molecule has 0 aromatic carbocycles. The van der Waals surface area contributed by atoms with Gasteiger partial charge in [0.05, 0.1) is 0 Å². The van der Waals surface area contributed by atoms with Gasteiger partial charge in [0.25, 0.3) is 0 Å². The number of carboxylic acids is 1. The third kappa shape index (κ3) is 3.48. The number of nitrogens with one attached hydrogen (secondary N) is 1. The Bertz CT molecular complexity index is 262. The quantitative estimate of drug-likeness (QED) is 0.710. The molecule has 92 valence electrons. The Morgan fingerprint density at radius 3 is 2.75 bits per heavy atom. The van der Waals surface area contributed by atoms with E-state index < -0.39 is 12.0 Å². The molecule has 0 radical (unpaired) electrons. The summed E-state index contributed by atoms with van der Waals surface area (Å²) in [6, 6.07) is -0.741. The van der Waals surface area contributed by atoms with E-state index in [0.717, 1.165) is 25.9 Å². The van der Waals surface area contributed by atoms with E-state index in [1.807, 2.05) is 0 Å². The van der Waals surface area contributed by atoms with E-state index in [0.29, 0.717) is 12.3 Å². The summed E-state index contributed by atoms with van der Waals surface area (Å²) < 4.78 is 0.